The maximum Gasteiger partial charge on any atom is 0.322 e. The first-order valence-corrected chi connectivity index (χ1v) is 9.31. The van der Waals surface area contributed by atoms with Crippen LogP contribution in [-0.2, 0) is 33.7 Å². The first-order chi connectivity index (χ1) is 13.6. The normalized spacial score (nSPS) is 17.3. The van der Waals surface area contributed by atoms with E-state index < -0.39 is 24.1 Å². The van der Waals surface area contributed by atoms with Gasteiger partial charge in [-0.15, -0.1) is 0 Å². The summed E-state index contributed by atoms with van der Waals surface area (Å²) in [6.07, 6.45) is 1.56. The van der Waals surface area contributed by atoms with Crippen molar-refractivity contribution in [1.82, 2.24) is 0 Å². The smallest absolute Gasteiger partial charge is 0.322 e. The van der Waals surface area contributed by atoms with E-state index in [1.807, 2.05) is 30.3 Å². The van der Waals surface area contributed by atoms with Crippen LogP contribution in [0.1, 0.15) is 23.1 Å². The number of anilines is 1. The second kappa shape index (κ2) is 7.77. The van der Waals surface area contributed by atoms with Crippen molar-refractivity contribution in [2.75, 3.05) is 25.1 Å². The molecule has 0 radical (unpaired) electrons. The molecule has 1 aliphatic carbocycles. The lowest BCUT2D eigenvalue weighted by Gasteiger charge is -2.33. The number of nitrogens with one attached hydrogen (secondary N) is 1. The zero-order chi connectivity index (χ0) is 19.6. The minimum Gasteiger partial charge on any atom is -0.487 e. The van der Waals surface area contributed by atoms with Gasteiger partial charge >= 0.3 is 5.97 Å². The average molecular weight is 387 g/mol. The van der Waals surface area contributed by atoms with Gasteiger partial charge in [0.25, 0.3) is 0 Å². The van der Waals surface area contributed by atoms with Crippen LogP contribution in [-0.4, -0.2) is 36.6 Å². The first kappa shape index (κ1) is 18.7. The summed E-state index contributed by atoms with van der Waals surface area (Å²) >= 11 is 0. The van der Waals surface area contributed by atoms with Crippen LogP contribution in [0.5, 0.6) is 5.75 Å². The van der Waals surface area contributed by atoms with E-state index in [2.05, 4.69) is 5.32 Å². The average Bonchev–Trinajstić information content (AvgIpc) is 3.15. The van der Waals surface area contributed by atoms with Crippen molar-refractivity contribution < 1.29 is 28.5 Å². The molecule has 0 saturated carbocycles. The molecule has 4 rings (SSSR count). The number of aliphatic carboxylic acids is 1. The Morgan fingerprint density at radius 2 is 2.00 bits per heavy atom. The molecule has 0 bridgehead atoms. The third-order valence-electron chi connectivity index (χ3n) is 5.11. The van der Waals surface area contributed by atoms with Crippen molar-refractivity contribution in [3.63, 3.8) is 0 Å². The number of hydrogen-bond donors (Lipinski definition) is 2. The molecule has 0 aromatic heterocycles. The van der Waals surface area contributed by atoms with Crippen molar-refractivity contribution >= 4 is 11.7 Å². The van der Waals surface area contributed by atoms with Crippen LogP contribution in [0.25, 0.3) is 0 Å². The fourth-order valence-corrected chi connectivity index (χ4v) is 3.74. The first-order valence-electron chi connectivity index (χ1n) is 9.31. The van der Waals surface area contributed by atoms with Gasteiger partial charge in [0, 0.05) is 12.8 Å². The van der Waals surface area contributed by atoms with E-state index in [-0.39, 0.29) is 12.3 Å². The number of aryl methyl sites for hydroxylation is 1. The van der Waals surface area contributed by atoms with E-state index in [4.69, 9.17) is 19.3 Å². The maximum atomic E-state index is 15.4. The fourth-order valence-electron chi connectivity index (χ4n) is 3.74. The number of ether oxygens (including phenoxy) is 3. The third kappa shape index (κ3) is 3.81. The van der Waals surface area contributed by atoms with Gasteiger partial charge in [-0.05, 0) is 29.2 Å². The van der Waals surface area contributed by atoms with E-state index >= 15 is 4.39 Å². The van der Waals surface area contributed by atoms with E-state index in [0.29, 0.717) is 43.8 Å². The Morgan fingerprint density at radius 1 is 1.25 bits per heavy atom. The van der Waals surface area contributed by atoms with Gasteiger partial charge in [-0.25, -0.2) is 4.39 Å². The van der Waals surface area contributed by atoms with Crippen molar-refractivity contribution in [2.45, 2.75) is 31.7 Å². The minimum atomic E-state index is -1.08. The number of halogens is 1. The summed E-state index contributed by atoms with van der Waals surface area (Å²) < 4.78 is 32.7. The lowest BCUT2D eigenvalue weighted by Crippen LogP contribution is -2.37. The SMILES string of the molecule is O=C(O)CNc1c(OCc2ccccc2)cc2c(c1F)CC1(CC2)OCCO1. The highest BCUT2D eigenvalue weighted by Crippen LogP contribution is 2.41. The molecule has 0 atom stereocenters. The van der Waals surface area contributed by atoms with Crippen molar-refractivity contribution in [3.05, 3.63) is 58.9 Å². The van der Waals surface area contributed by atoms with Crippen molar-refractivity contribution in [2.24, 2.45) is 0 Å². The summed E-state index contributed by atoms with van der Waals surface area (Å²) in [4.78, 5) is 11.0. The Hall–Kier alpha value is -2.64. The van der Waals surface area contributed by atoms with Crippen LogP contribution in [0.2, 0.25) is 0 Å². The second-order valence-corrected chi connectivity index (χ2v) is 7.01. The van der Waals surface area contributed by atoms with Crippen LogP contribution in [0.3, 0.4) is 0 Å². The molecule has 1 heterocycles. The summed E-state index contributed by atoms with van der Waals surface area (Å²) in [6, 6.07) is 11.3. The highest BCUT2D eigenvalue weighted by molar-refractivity contribution is 5.74. The number of hydrogen-bond acceptors (Lipinski definition) is 5. The van der Waals surface area contributed by atoms with Crippen LogP contribution in [0.15, 0.2) is 36.4 Å². The minimum absolute atomic E-state index is 0.0622. The van der Waals surface area contributed by atoms with Crippen LogP contribution in [0, 0.1) is 5.82 Å². The van der Waals surface area contributed by atoms with Crippen molar-refractivity contribution in [1.29, 1.82) is 0 Å². The third-order valence-corrected chi connectivity index (χ3v) is 5.11. The molecule has 1 aliphatic heterocycles. The number of benzene rings is 2. The zero-order valence-corrected chi connectivity index (χ0v) is 15.4. The van der Waals surface area contributed by atoms with Gasteiger partial charge in [0.15, 0.2) is 11.6 Å². The van der Waals surface area contributed by atoms with Gasteiger partial charge in [0.05, 0.1) is 13.2 Å². The Kier molecular flexibility index (Phi) is 5.19. The molecule has 28 heavy (non-hydrogen) atoms. The molecule has 1 spiro atoms. The molecule has 0 amide bonds. The number of carboxylic acids is 1. The molecule has 1 fully saturated rings. The Bertz CT molecular complexity index is 865. The van der Waals surface area contributed by atoms with E-state index in [1.165, 1.54) is 0 Å². The van der Waals surface area contributed by atoms with Gasteiger partial charge < -0.3 is 24.6 Å². The Morgan fingerprint density at radius 3 is 2.71 bits per heavy atom. The quantitative estimate of drug-likeness (QED) is 0.793. The van der Waals surface area contributed by atoms with Crippen LogP contribution in [0.4, 0.5) is 10.1 Å². The van der Waals surface area contributed by atoms with Gasteiger partial charge in [-0.2, -0.15) is 0 Å². The van der Waals surface area contributed by atoms with E-state index in [1.54, 1.807) is 6.07 Å². The van der Waals surface area contributed by atoms with Crippen LogP contribution < -0.4 is 10.1 Å². The van der Waals surface area contributed by atoms with E-state index in [9.17, 15) is 4.79 Å². The lowest BCUT2D eigenvalue weighted by molar-refractivity contribution is -0.164. The largest absolute Gasteiger partial charge is 0.487 e. The predicted octanol–water partition coefficient (Wildman–Crippen LogP) is 3.13. The zero-order valence-electron chi connectivity index (χ0n) is 15.4. The summed E-state index contributed by atoms with van der Waals surface area (Å²) in [5.41, 5.74) is 2.34. The molecular weight excluding hydrogens is 365 g/mol. The predicted molar refractivity (Wildman–Crippen MR) is 100.0 cm³/mol. The second-order valence-electron chi connectivity index (χ2n) is 7.01. The highest BCUT2D eigenvalue weighted by atomic mass is 19.1. The molecule has 148 valence electrons. The summed E-state index contributed by atoms with van der Waals surface area (Å²) in [5.74, 6) is -2.04. The Balaban J connectivity index is 1.64. The molecule has 2 aromatic rings. The molecule has 6 nitrogen and oxygen atoms in total. The van der Waals surface area contributed by atoms with Gasteiger partial charge in [0.1, 0.15) is 24.6 Å². The highest BCUT2D eigenvalue weighted by Gasteiger charge is 2.41. The molecule has 0 unspecified atom stereocenters. The number of carboxylic acid groups (broad SMARTS) is 1. The van der Waals surface area contributed by atoms with Gasteiger partial charge in [-0.1, -0.05) is 30.3 Å². The number of fused-ring (bicyclic) bond motifs is 1. The molecular formula is C21H22FNO5. The van der Waals surface area contributed by atoms with Gasteiger partial charge in [0.2, 0.25) is 0 Å². The monoisotopic (exact) mass is 387 g/mol. The summed E-state index contributed by atoms with van der Waals surface area (Å²) in [6.45, 7) is 0.852. The number of carbonyl (C=O) groups is 1. The van der Waals surface area contributed by atoms with Crippen molar-refractivity contribution in [3.8, 4) is 5.75 Å². The lowest BCUT2D eigenvalue weighted by atomic mass is 9.86. The standard InChI is InChI=1S/C21H22FNO5/c22-19-16-11-21(27-8-9-28-21)7-6-15(16)10-17(20(19)23-12-18(24)25)26-13-14-4-2-1-3-5-14/h1-5,10,23H,6-9,11-13H2,(H,24,25). The fraction of sp³-hybridized carbons (Fsp3) is 0.381. The number of rotatable bonds is 6. The summed E-state index contributed by atoms with van der Waals surface area (Å²) in [7, 11) is 0. The van der Waals surface area contributed by atoms with E-state index in [0.717, 1.165) is 11.1 Å². The molecule has 2 aliphatic rings. The maximum absolute atomic E-state index is 15.4. The molecule has 2 N–H and O–H groups in total. The Labute approximate surface area is 162 Å². The van der Waals surface area contributed by atoms with Gasteiger partial charge in [-0.3, -0.25) is 4.79 Å². The van der Waals surface area contributed by atoms with Crippen LogP contribution >= 0.6 is 0 Å². The molecule has 2 aromatic carbocycles. The topological polar surface area (TPSA) is 77.0 Å². The molecule has 1 saturated heterocycles. The molecule has 7 heteroatoms. The summed E-state index contributed by atoms with van der Waals surface area (Å²) in [5, 5.41) is 11.7.